The highest BCUT2D eigenvalue weighted by Crippen LogP contribution is 2.48. The van der Waals surface area contributed by atoms with Gasteiger partial charge in [0, 0.05) is 47.8 Å². The van der Waals surface area contributed by atoms with Gasteiger partial charge in [0.1, 0.15) is 18.1 Å². The number of ether oxygens (including phenoxy) is 3. The van der Waals surface area contributed by atoms with Gasteiger partial charge in [0.15, 0.2) is 23.1 Å². The number of halogens is 1. The van der Waals surface area contributed by atoms with Crippen molar-refractivity contribution in [3.05, 3.63) is 81.3 Å². The zero-order chi connectivity index (χ0) is 23.7. The molecule has 0 N–H and O–H groups in total. The molecule has 0 bridgehead atoms. The van der Waals surface area contributed by atoms with Crippen LogP contribution in [0.4, 0.5) is 0 Å². The number of hydrogen-bond acceptors (Lipinski definition) is 5. The van der Waals surface area contributed by atoms with Gasteiger partial charge >= 0.3 is 0 Å². The van der Waals surface area contributed by atoms with E-state index >= 15 is 0 Å². The molecule has 176 valence electrons. The smallest absolute Gasteiger partial charge is 0.163 e. The predicted molar refractivity (Wildman–Crippen MR) is 129 cm³/mol. The summed E-state index contributed by atoms with van der Waals surface area (Å²) in [6.07, 6.45) is 3.97. The molecule has 0 atom stereocenters. The van der Waals surface area contributed by atoms with Gasteiger partial charge in [-0.05, 0) is 55.2 Å². The Hall–Kier alpha value is -3.05. The molecule has 0 aromatic heterocycles. The van der Waals surface area contributed by atoms with Crippen LogP contribution in [0.3, 0.4) is 0 Å². The van der Waals surface area contributed by atoms with Crippen LogP contribution in [0.25, 0.3) is 0 Å². The highest BCUT2D eigenvalue weighted by atomic mass is 35.5. The van der Waals surface area contributed by atoms with Crippen molar-refractivity contribution in [2.45, 2.75) is 58.0 Å². The number of hydrogen-bond donors (Lipinski definition) is 0. The number of allylic oxidation sites excluding steroid dienone is 4. The minimum absolute atomic E-state index is 0.0652. The van der Waals surface area contributed by atoms with Crippen molar-refractivity contribution in [3.8, 4) is 11.5 Å². The van der Waals surface area contributed by atoms with Crippen LogP contribution in [0.2, 0.25) is 5.02 Å². The zero-order valence-corrected chi connectivity index (χ0v) is 20.0. The van der Waals surface area contributed by atoms with Gasteiger partial charge in [0.25, 0.3) is 0 Å². The Morgan fingerprint density at radius 2 is 1.59 bits per heavy atom. The monoisotopic (exact) mass is 478 g/mol. The second-order valence-corrected chi connectivity index (χ2v) is 9.26. The van der Waals surface area contributed by atoms with Crippen LogP contribution in [0.15, 0.2) is 65.1 Å². The molecule has 2 aromatic rings. The van der Waals surface area contributed by atoms with Crippen LogP contribution in [0.1, 0.15) is 62.5 Å². The predicted octanol–water partition coefficient (Wildman–Crippen LogP) is 6.45. The van der Waals surface area contributed by atoms with Crippen molar-refractivity contribution < 1.29 is 23.8 Å². The van der Waals surface area contributed by atoms with Crippen molar-refractivity contribution in [2.75, 3.05) is 6.61 Å². The Morgan fingerprint density at radius 3 is 2.24 bits per heavy atom. The maximum atomic E-state index is 13.0. The fourth-order valence-corrected chi connectivity index (χ4v) is 5.24. The number of carbonyl (C=O) groups excluding carboxylic acids is 2. The van der Waals surface area contributed by atoms with Crippen molar-refractivity contribution >= 4 is 23.2 Å². The molecule has 2 aliphatic carbocycles. The molecule has 0 unspecified atom stereocenters. The van der Waals surface area contributed by atoms with E-state index in [-0.39, 0.29) is 11.6 Å². The largest absolute Gasteiger partial charge is 0.490 e. The molecule has 0 radical (unpaired) electrons. The van der Waals surface area contributed by atoms with E-state index in [0.29, 0.717) is 53.7 Å². The third-order valence-corrected chi connectivity index (χ3v) is 6.76. The number of ketones is 2. The highest BCUT2D eigenvalue weighted by molar-refractivity contribution is 6.30. The van der Waals surface area contributed by atoms with Crippen molar-refractivity contribution in [3.63, 3.8) is 0 Å². The summed E-state index contributed by atoms with van der Waals surface area (Å²) in [6.45, 7) is 2.72. The van der Waals surface area contributed by atoms with Gasteiger partial charge in [-0.25, -0.2) is 0 Å². The van der Waals surface area contributed by atoms with Gasteiger partial charge in [0.05, 0.1) is 6.61 Å². The van der Waals surface area contributed by atoms with Crippen LogP contribution >= 0.6 is 11.6 Å². The zero-order valence-electron chi connectivity index (χ0n) is 19.2. The Labute approximate surface area is 204 Å². The quantitative estimate of drug-likeness (QED) is 0.477. The molecule has 34 heavy (non-hydrogen) atoms. The van der Waals surface area contributed by atoms with E-state index in [9.17, 15) is 9.59 Å². The lowest BCUT2D eigenvalue weighted by atomic mass is 9.73. The summed E-state index contributed by atoms with van der Waals surface area (Å²) in [5.74, 6) is 2.37. The molecule has 1 heterocycles. The average Bonchev–Trinajstić information content (AvgIpc) is 2.83. The minimum Gasteiger partial charge on any atom is -0.490 e. The number of benzene rings is 2. The average molecular weight is 479 g/mol. The second kappa shape index (κ2) is 9.67. The third-order valence-electron chi connectivity index (χ3n) is 6.53. The van der Waals surface area contributed by atoms with Crippen LogP contribution in [0.5, 0.6) is 11.5 Å². The Morgan fingerprint density at radius 1 is 0.882 bits per heavy atom. The lowest BCUT2D eigenvalue weighted by Gasteiger charge is -2.36. The van der Waals surface area contributed by atoms with Gasteiger partial charge in [-0.15, -0.1) is 0 Å². The molecule has 5 rings (SSSR count). The molecule has 0 spiro atoms. The molecular formula is C28H27ClO5. The van der Waals surface area contributed by atoms with E-state index in [1.165, 1.54) is 0 Å². The van der Waals surface area contributed by atoms with E-state index in [1.807, 2.05) is 49.4 Å². The maximum Gasteiger partial charge on any atom is 0.163 e. The first-order valence-electron chi connectivity index (χ1n) is 11.9. The summed E-state index contributed by atoms with van der Waals surface area (Å²) >= 11 is 6.10. The van der Waals surface area contributed by atoms with Crippen molar-refractivity contribution in [1.29, 1.82) is 0 Å². The molecule has 3 aliphatic rings. The molecule has 5 nitrogen and oxygen atoms in total. The van der Waals surface area contributed by atoms with E-state index in [4.69, 9.17) is 25.8 Å². The molecule has 0 saturated heterocycles. The SMILES string of the molecule is CCOc1cc(C2C3=C(CCCC3=O)OC3=C2C(=O)CCC3)ccc1OCc1cccc(Cl)c1. The summed E-state index contributed by atoms with van der Waals surface area (Å²) in [5.41, 5.74) is 3.08. The molecular weight excluding hydrogens is 452 g/mol. The van der Waals surface area contributed by atoms with E-state index in [2.05, 4.69) is 0 Å². The Bertz CT molecular complexity index is 1170. The minimum atomic E-state index is -0.416. The summed E-state index contributed by atoms with van der Waals surface area (Å²) < 4.78 is 18.1. The van der Waals surface area contributed by atoms with Crippen LogP contribution in [0, 0.1) is 0 Å². The third kappa shape index (κ3) is 4.37. The molecule has 1 aliphatic heterocycles. The maximum absolute atomic E-state index is 13.0. The lowest BCUT2D eigenvalue weighted by Crippen LogP contribution is -2.30. The first-order valence-corrected chi connectivity index (χ1v) is 12.3. The Balaban J connectivity index is 1.53. The molecule has 2 aromatic carbocycles. The van der Waals surface area contributed by atoms with Gasteiger partial charge in [0.2, 0.25) is 0 Å². The molecule has 0 amide bonds. The van der Waals surface area contributed by atoms with Gasteiger partial charge in [-0.3, -0.25) is 9.59 Å². The topological polar surface area (TPSA) is 61.8 Å². The fourth-order valence-electron chi connectivity index (χ4n) is 5.03. The first kappa shape index (κ1) is 22.7. The summed E-state index contributed by atoms with van der Waals surface area (Å²) in [5, 5.41) is 0.656. The van der Waals surface area contributed by atoms with Crippen molar-refractivity contribution in [1.82, 2.24) is 0 Å². The normalized spacial score (nSPS) is 18.4. The van der Waals surface area contributed by atoms with E-state index in [0.717, 1.165) is 48.3 Å². The fraction of sp³-hybridized carbons (Fsp3) is 0.357. The van der Waals surface area contributed by atoms with Gasteiger partial charge in [-0.1, -0.05) is 29.8 Å². The van der Waals surface area contributed by atoms with Gasteiger partial charge in [-0.2, -0.15) is 0 Å². The molecule has 6 heteroatoms. The first-order chi connectivity index (χ1) is 16.5. The van der Waals surface area contributed by atoms with Crippen LogP contribution in [-0.2, 0) is 20.9 Å². The number of Topliss-reactive ketones (excluding diaryl/α,β-unsaturated/α-hetero) is 2. The molecule has 0 fully saturated rings. The van der Waals surface area contributed by atoms with Crippen LogP contribution in [-0.4, -0.2) is 18.2 Å². The molecule has 0 saturated carbocycles. The summed E-state index contributed by atoms with van der Waals surface area (Å²) in [6, 6.07) is 13.2. The number of carbonyl (C=O) groups is 2. The van der Waals surface area contributed by atoms with E-state index < -0.39 is 5.92 Å². The Kier molecular flexibility index (Phi) is 6.46. The lowest BCUT2D eigenvalue weighted by molar-refractivity contribution is -0.117. The second-order valence-electron chi connectivity index (χ2n) is 8.82. The number of rotatable bonds is 6. The van der Waals surface area contributed by atoms with E-state index in [1.54, 1.807) is 0 Å². The summed E-state index contributed by atoms with van der Waals surface area (Å²) in [4.78, 5) is 26.0. The summed E-state index contributed by atoms with van der Waals surface area (Å²) in [7, 11) is 0. The van der Waals surface area contributed by atoms with Gasteiger partial charge < -0.3 is 14.2 Å². The standard InChI is InChI=1S/C28H27ClO5/c1-2-32-25-15-18(12-13-22(25)33-16-17-6-3-7-19(29)14-17)26-27-20(30)8-4-10-23(27)34-24-11-5-9-21(31)28(24)26/h3,6-7,12-15,26H,2,4-5,8-11,16H2,1H3. The highest BCUT2D eigenvalue weighted by Gasteiger charge is 2.41. The van der Waals surface area contributed by atoms with Crippen LogP contribution < -0.4 is 9.47 Å². The van der Waals surface area contributed by atoms with Crippen molar-refractivity contribution in [2.24, 2.45) is 0 Å².